The van der Waals surface area contributed by atoms with Crippen LogP contribution >= 0.6 is 24.0 Å². The van der Waals surface area contributed by atoms with Crippen molar-refractivity contribution >= 4 is 51.7 Å². The highest BCUT2D eigenvalue weighted by Gasteiger charge is 2.33. The van der Waals surface area contributed by atoms with Gasteiger partial charge in [0.05, 0.1) is 22.1 Å². The van der Waals surface area contributed by atoms with Crippen molar-refractivity contribution in [2.45, 2.75) is 13.8 Å². The van der Waals surface area contributed by atoms with E-state index >= 15 is 0 Å². The summed E-state index contributed by atoms with van der Waals surface area (Å²) in [6.07, 6.45) is 2.88. The number of nitrogens with zero attached hydrogens (tertiary/aromatic N) is 3. The van der Waals surface area contributed by atoms with Crippen LogP contribution in [0.5, 0.6) is 17.4 Å². The molecule has 0 N–H and O–H groups in total. The maximum absolute atomic E-state index is 13.0. The molecule has 3 aromatic rings. The van der Waals surface area contributed by atoms with Crippen LogP contribution in [0.25, 0.3) is 6.08 Å². The Balaban J connectivity index is 1.58. The van der Waals surface area contributed by atoms with E-state index in [-0.39, 0.29) is 17.5 Å². The van der Waals surface area contributed by atoms with Gasteiger partial charge in [0.15, 0.2) is 15.8 Å². The number of thiocarbonyl (C=S) groups is 1. The highest BCUT2D eigenvalue weighted by Crippen LogP contribution is 2.38. The van der Waals surface area contributed by atoms with Crippen molar-refractivity contribution in [2.75, 3.05) is 11.5 Å². The molecular weight excluding hydrogens is 474 g/mol. The number of aryl methyl sites for hydroxylation is 1. The molecule has 4 rings (SSSR count). The van der Waals surface area contributed by atoms with Gasteiger partial charge in [-0.15, -0.1) is 0 Å². The SMILES string of the molecule is CCOc1cc(/C=C2/SC(=S)N(c3ccc(C)cc3)C2=O)ccc1Oc1ccc([N+](=O)[O-])cn1. The highest BCUT2D eigenvalue weighted by atomic mass is 32.2. The van der Waals surface area contributed by atoms with Gasteiger partial charge in [0.1, 0.15) is 6.20 Å². The van der Waals surface area contributed by atoms with Crippen LogP contribution in [0.2, 0.25) is 0 Å². The Hall–Kier alpha value is -3.76. The first kappa shape index (κ1) is 23.4. The molecule has 1 saturated heterocycles. The molecule has 1 aromatic heterocycles. The summed E-state index contributed by atoms with van der Waals surface area (Å²) in [5, 5.41) is 10.8. The van der Waals surface area contributed by atoms with Gasteiger partial charge in [-0.05, 0) is 49.8 Å². The molecule has 0 saturated carbocycles. The number of hydrogen-bond acceptors (Lipinski definition) is 8. The molecule has 1 fully saturated rings. The fourth-order valence-corrected chi connectivity index (χ4v) is 4.46. The Kier molecular flexibility index (Phi) is 6.90. The van der Waals surface area contributed by atoms with Gasteiger partial charge in [0.2, 0.25) is 5.88 Å². The largest absolute Gasteiger partial charge is 0.490 e. The molecular formula is C24H19N3O5S2. The van der Waals surface area contributed by atoms with E-state index < -0.39 is 4.92 Å². The molecule has 2 heterocycles. The smallest absolute Gasteiger partial charge is 0.287 e. The van der Waals surface area contributed by atoms with E-state index in [1.54, 1.807) is 24.3 Å². The fourth-order valence-electron chi connectivity index (χ4n) is 3.16. The molecule has 0 aliphatic carbocycles. The minimum Gasteiger partial charge on any atom is -0.490 e. The second-order valence-electron chi connectivity index (χ2n) is 7.21. The quantitative estimate of drug-likeness (QED) is 0.174. The zero-order valence-electron chi connectivity index (χ0n) is 18.3. The number of amides is 1. The average Bonchev–Trinajstić information content (AvgIpc) is 3.09. The molecule has 8 nitrogen and oxygen atoms in total. The van der Waals surface area contributed by atoms with E-state index in [1.165, 1.54) is 28.8 Å². The number of thioether (sulfide) groups is 1. The summed E-state index contributed by atoms with van der Waals surface area (Å²) in [4.78, 5) is 29.3. The topological polar surface area (TPSA) is 94.8 Å². The van der Waals surface area contributed by atoms with Crippen molar-refractivity contribution in [2.24, 2.45) is 0 Å². The van der Waals surface area contributed by atoms with Crippen molar-refractivity contribution in [3.63, 3.8) is 0 Å². The number of benzene rings is 2. The summed E-state index contributed by atoms with van der Waals surface area (Å²) in [5.41, 5.74) is 2.43. The van der Waals surface area contributed by atoms with Crippen molar-refractivity contribution in [1.29, 1.82) is 0 Å². The Morgan fingerprint density at radius 2 is 1.91 bits per heavy atom. The second kappa shape index (κ2) is 10.0. The number of ether oxygens (including phenoxy) is 2. The van der Waals surface area contributed by atoms with Gasteiger partial charge in [0, 0.05) is 12.1 Å². The molecule has 2 aromatic carbocycles. The van der Waals surface area contributed by atoms with Gasteiger partial charge in [-0.3, -0.25) is 19.8 Å². The first-order valence-corrected chi connectivity index (χ1v) is 11.5. The lowest BCUT2D eigenvalue weighted by atomic mass is 10.1. The lowest BCUT2D eigenvalue weighted by Gasteiger charge is -2.14. The van der Waals surface area contributed by atoms with Crippen LogP contribution in [-0.2, 0) is 4.79 Å². The molecule has 1 amide bonds. The fraction of sp³-hybridized carbons (Fsp3) is 0.125. The molecule has 0 atom stereocenters. The van der Waals surface area contributed by atoms with Crippen LogP contribution in [0.15, 0.2) is 65.7 Å². The zero-order chi connectivity index (χ0) is 24.2. The number of anilines is 1. The van der Waals surface area contributed by atoms with Gasteiger partial charge < -0.3 is 9.47 Å². The Bertz CT molecular complexity index is 1290. The maximum Gasteiger partial charge on any atom is 0.287 e. The third kappa shape index (κ3) is 5.08. The Morgan fingerprint density at radius 1 is 1.15 bits per heavy atom. The van der Waals surface area contributed by atoms with Gasteiger partial charge in [-0.2, -0.15) is 0 Å². The number of carbonyl (C=O) groups excluding carboxylic acids is 1. The van der Waals surface area contributed by atoms with Crippen LogP contribution in [0.4, 0.5) is 11.4 Å². The molecule has 172 valence electrons. The number of rotatable bonds is 7. The summed E-state index contributed by atoms with van der Waals surface area (Å²) in [5.74, 6) is 0.850. The third-order valence-corrected chi connectivity index (χ3v) is 6.10. The first-order valence-electron chi connectivity index (χ1n) is 10.3. The number of pyridine rings is 1. The predicted octanol–water partition coefficient (Wildman–Crippen LogP) is 5.90. The second-order valence-corrected chi connectivity index (χ2v) is 8.88. The van der Waals surface area contributed by atoms with E-state index in [9.17, 15) is 14.9 Å². The third-order valence-electron chi connectivity index (χ3n) is 4.80. The molecule has 1 aliphatic heterocycles. The Morgan fingerprint density at radius 3 is 2.56 bits per heavy atom. The molecule has 0 unspecified atom stereocenters. The minimum absolute atomic E-state index is 0.129. The van der Waals surface area contributed by atoms with Crippen LogP contribution in [-0.4, -0.2) is 26.7 Å². The normalized spacial score (nSPS) is 14.5. The monoisotopic (exact) mass is 493 g/mol. The molecule has 10 heteroatoms. The lowest BCUT2D eigenvalue weighted by molar-refractivity contribution is -0.385. The maximum atomic E-state index is 13.0. The number of carbonyl (C=O) groups is 1. The van der Waals surface area contributed by atoms with Gasteiger partial charge in [0.25, 0.3) is 11.6 Å². The number of aromatic nitrogens is 1. The summed E-state index contributed by atoms with van der Waals surface area (Å²) < 4.78 is 11.9. The Labute approximate surface area is 205 Å². The van der Waals surface area contributed by atoms with Crippen molar-refractivity contribution < 1.29 is 19.2 Å². The van der Waals surface area contributed by atoms with Crippen molar-refractivity contribution in [3.8, 4) is 17.4 Å². The molecule has 34 heavy (non-hydrogen) atoms. The minimum atomic E-state index is -0.529. The standard InChI is InChI=1S/C24H19N3O5S2/c1-3-31-20-12-16(6-10-19(20)32-22-11-9-18(14-25-22)27(29)30)13-21-23(28)26(24(33)34-21)17-7-4-15(2)5-8-17/h4-14H,3H2,1-2H3/b21-13+. The van der Waals surface area contributed by atoms with Crippen LogP contribution < -0.4 is 14.4 Å². The van der Waals surface area contributed by atoms with Gasteiger partial charge in [-0.1, -0.05) is 47.7 Å². The van der Waals surface area contributed by atoms with Crippen LogP contribution in [0.3, 0.4) is 0 Å². The van der Waals surface area contributed by atoms with Gasteiger partial charge >= 0.3 is 0 Å². The van der Waals surface area contributed by atoms with E-state index in [2.05, 4.69) is 4.98 Å². The van der Waals surface area contributed by atoms with E-state index in [1.807, 2.05) is 38.1 Å². The number of nitro groups is 1. The summed E-state index contributed by atoms with van der Waals surface area (Å²) in [6, 6.07) is 15.6. The van der Waals surface area contributed by atoms with Crippen LogP contribution in [0, 0.1) is 17.0 Å². The molecule has 1 aliphatic rings. The zero-order valence-corrected chi connectivity index (χ0v) is 19.9. The highest BCUT2D eigenvalue weighted by molar-refractivity contribution is 8.27. The van der Waals surface area contributed by atoms with E-state index in [0.717, 1.165) is 23.0 Å². The summed E-state index contributed by atoms with van der Waals surface area (Å²) >= 11 is 6.68. The molecule has 0 bridgehead atoms. The van der Waals surface area contributed by atoms with Crippen molar-refractivity contribution in [3.05, 3.63) is 86.9 Å². The number of hydrogen-bond donors (Lipinski definition) is 0. The molecule has 0 radical (unpaired) electrons. The summed E-state index contributed by atoms with van der Waals surface area (Å²) in [7, 11) is 0. The summed E-state index contributed by atoms with van der Waals surface area (Å²) in [6.45, 7) is 4.21. The molecule has 0 spiro atoms. The van der Waals surface area contributed by atoms with E-state index in [4.69, 9.17) is 21.7 Å². The van der Waals surface area contributed by atoms with Gasteiger partial charge in [-0.25, -0.2) is 4.98 Å². The van der Waals surface area contributed by atoms with Crippen LogP contribution in [0.1, 0.15) is 18.1 Å². The van der Waals surface area contributed by atoms with Crippen molar-refractivity contribution in [1.82, 2.24) is 4.98 Å². The average molecular weight is 494 g/mol. The van der Waals surface area contributed by atoms with E-state index in [0.29, 0.717) is 27.3 Å². The predicted molar refractivity (Wildman–Crippen MR) is 135 cm³/mol. The first-order chi connectivity index (χ1) is 16.4. The lowest BCUT2D eigenvalue weighted by Crippen LogP contribution is -2.27.